The van der Waals surface area contributed by atoms with Gasteiger partial charge in [0.25, 0.3) is 0 Å². The molecule has 1 N–H and O–H groups in total. The number of rotatable bonds is 5. The van der Waals surface area contributed by atoms with E-state index in [9.17, 15) is 18.3 Å². The largest absolute Gasteiger partial charge is 0.479 e. The van der Waals surface area contributed by atoms with Gasteiger partial charge < -0.3 is 14.6 Å². The average molecular weight is 515 g/mol. The van der Waals surface area contributed by atoms with Crippen molar-refractivity contribution in [1.82, 2.24) is 0 Å². The van der Waals surface area contributed by atoms with Crippen molar-refractivity contribution in [2.45, 2.75) is 72.3 Å². The van der Waals surface area contributed by atoms with Crippen molar-refractivity contribution >= 4 is 27.6 Å². The number of carboxylic acids is 1. The summed E-state index contributed by atoms with van der Waals surface area (Å²) in [5.74, 6) is -0.637. The SMILES string of the molecule is CC1=NC2c3c(C)c(-c4ccc(C)cc4)c(C(OC(C)(C)C)C(=O)O)c(C)c3N(S(C)(=O)=O)CC2O1. The number of carbonyl (C=O) groups is 1. The molecule has 9 heteroatoms. The highest BCUT2D eigenvalue weighted by molar-refractivity contribution is 7.92. The Hall–Kier alpha value is -2.91. The van der Waals surface area contributed by atoms with E-state index in [-0.39, 0.29) is 12.6 Å². The van der Waals surface area contributed by atoms with Gasteiger partial charge in [-0.25, -0.2) is 18.2 Å². The van der Waals surface area contributed by atoms with Crippen LogP contribution in [-0.4, -0.2) is 49.9 Å². The molecule has 2 aliphatic heterocycles. The third-order valence-electron chi connectivity index (χ3n) is 6.65. The molecule has 0 spiro atoms. The van der Waals surface area contributed by atoms with Crippen LogP contribution < -0.4 is 4.31 Å². The van der Waals surface area contributed by atoms with E-state index < -0.39 is 33.8 Å². The van der Waals surface area contributed by atoms with Crippen LogP contribution in [-0.2, 0) is 24.3 Å². The van der Waals surface area contributed by atoms with E-state index in [0.717, 1.165) is 34.1 Å². The lowest BCUT2D eigenvalue weighted by Gasteiger charge is -2.39. The topological polar surface area (TPSA) is 106 Å². The number of benzene rings is 2. The fraction of sp³-hybridized carbons (Fsp3) is 0.481. The molecule has 0 aliphatic carbocycles. The summed E-state index contributed by atoms with van der Waals surface area (Å²) in [4.78, 5) is 17.4. The number of hydrogen-bond acceptors (Lipinski definition) is 6. The number of aliphatic imine (C=N–C) groups is 1. The van der Waals surface area contributed by atoms with Gasteiger partial charge in [0.05, 0.1) is 24.1 Å². The molecule has 0 radical (unpaired) electrons. The van der Waals surface area contributed by atoms with Gasteiger partial charge in [-0.05, 0) is 63.8 Å². The average Bonchev–Trinajstić information content (AvgIpc) is 3.12. The Balaban J connectivity index is 2.15. The number of carboxylic acid groups (broad SMARTS) is 1. The Labute approximate surface area is 213 Å². The first-order valence-electron chi connectivity index (χ1n) is 11.9. The zero-order valence-electron chi connectivity index (χ0n) is 22.0. The van der Waals surface area contributed by atoms with Crippen molar-refractivity contribution in [3.8, 4) is 11.1 Å². The monoisotopic (exact) mass is 514 g/mol. The smallest absolute Gasteiger partial charge is 0.337 e. The van der Waals surface area contributed by atoms with E-state index in [4.69, 9.17) is 14.5 Å². The molecule has 3 atom stereocenters. The first-order chi connectivity index (χ1) is 16.6. The third kappa shape index (κ3) is 4.62. The van der Waals surface area contributed by atoms with Gasteiger partial charge in [-0.3, -0.25) is 4.31 Å². The number of nitrogens with zero attached hydrogens (tertiary/aromatic N) is 2. The Kier molecular flexibility index (Phi) is 6.46. The van der Waals surface area contributed by atoms with Gasteiger partial charge in [0.1, 0.15) is 12.1 Å². The minimum atomic E-state index is -3.70. The van der Waals surface area contributed by atoms with Gasteiger partial charge in [-0.2, -0.15) is 0 Å². The summed E-state index contributed by atoms with van der Waals surface area (Å²) in [7, 11) is -3.70. The van der Waals surface area contributed by atoms with E-state index in [1.54, 1.807) is 34.6 Å². The minimum Gasteiger partial charge on any atom is -0.479 e. The molecule has 8 nitrogen and oxygen atoms in total. The van der Waals surface area contributed by atoms with Gasteiger partial charge in [-0.1, -0.05) is 29.8 Å². The molecule has 2 heterocycles. The number of aryl methyl sites for hydroxylation is 1. The van der Waals surface area contributed by atoms with E-state index >= 15 is 0 Å². The molecule has 2 aliphatic rings. The van der Waals surface area contributed by atoms with Crippen molar-refractivity contribution in [2.75, 3.05) is 17.1 Å². The summed E-state index contributed by atoms with van der Waals surface area (Å²) in [6.45, 7) is 12.9. The van der Waals surface area contributed by atoms with Gasteiger partial charge in [-0.15, -0.1) is 0 Å². The van der Waals surface area contributed by atoms with Crippen LogP contribution in [0.1, 0.15) is 67.7 Å². The molecule has 0 amide bonds. The Morgan fingerprint density at radius 1 is 1.14 bits per heavy atom. The molecule has 4 rings (SSSR count). The van der Waals surface area contributed by atoms with Crippen molar-refractivity contribution in [3.63, 3.8) is 0 Å². The van der Waals surface area contributed by atoms with Crippen molar-refractivity contribution in [1.29, 1.82) is 0 Å². The first kappa shape index (κ1) is 26.2. The maximum Gasteiger partial charge on any atom is 0.337 e. The van der Waals surface area contributed by atoms with Gasteiger partial charge in [0.2, 0.25) is 10.0 Å². The summed E-state index contributed by atoms with van der Waals surface area (Å²) in [6.07, 6.45) is -0.611. The van der Waals surface area contributed by atoms with E-state index in [1.807, 2.05) is 38.1 Å². The van der Waals surface area contributed by atoms with E-state index in [2.05, 4.69) is 0 Å². The second kappa shape index (κ2) is 8.88. The van der Waals surface area contributed by atoms with Crippen molar-refractivity contribution in [2.24, 2.45) is 4.99 Å². The molecular formula is C27H34N2O6S. The minimum absolute atomic E-state index is 0.0960. The summed E-state index contributed by atoms with van der Waals surface area (Å²) >= 11 is 0. The predicted molar refractivity (Wildman–Crippen MR) is 140 cm³/mol. The first-order valence-corrected chi connectivity index (χ1v) is 13.8. The zero-order valence-corrected chi connectivity index (χ0v) is 22.9. The summed E-state index contributed by atoms with van der Waals surface area (Å²) in [5, 5.41) is 10.3. The number of sulfonamides is 1. The molecule has 2 aromatic carbocycles. The van der Waals surface area contributed by atoms with E-state index in [0.29, 0.717) is 22.7 Å². The lowest BCUT2D eigenvalue weighted by Crippen LogP contribution is -2.44. The number of aliphatic carboxylic acids is 1. The lowest BCUT2D eigenvalue weighted by atomic mass is 9.80. The highest BCUT2D eigenvalue weighted by Crippen LogP contribution is 2.51. The second-order valence-electron chi connectivity index (χ2n) is 10.7. The molecule has 2 aromatic rings. The number of anilines is 1. The van der Waals surface area contributed by atoms with Gasteiger partial charge in [0.15, 0.2) is 12.0 Å². The Morgan fingerprint density at radius 3 is 2.28 bits per heavy atom. The van der Waals surface area contributed by atoms with Gasteiger partial charge >= 0.3 is 5.97 Å². The van der Waals surface area contributed by atoms with Crippen LogP contribution >= 0.6 is 0 Å². The second-order valence-corrected chi connectivity index (χ2v) is 12.6. The number of ether oxygens (including phenoxy) is 2. The maximum absolute atomic E-state index is 13.0. The van der Waals surface area contributed by atoms with Crippen LogP contribution in [0, 0.1) is 20.8 Å². The predicted octanol–water partition coefficient (Wildman–Crippen LogP) is 4.86. The molecule has 0 bridgehead atoms. The molecule has 36 heavy (non-hydrogen) atoms. The van der Waals surface area contributed by atoms with Crippen molar-refractivity contribution < 1.29 is 27.8 Å². The number of hydrogen-bond donors (Lipinski definition) is 1. The normalized spacial score (nSPS) is 20.3. The summed E-state index contributed by atoms with van der Waals surface area (Å²) in [5.41, 5.74) is 4.83. The fourth-order valence-corrected chi connectivity index (χ4v) is 6.24. The quantitative estimate of drug-likeness (QED) is 0.611. The number of fused-ring (bicyclic) bond motifs is 3. The maximum atomic E-state index is 13.0. The fourth-order valence-electron chi connectivity index (χ4n) is 5.26. The molecule has 3 unspecified atom stereocenters. The zero-order chi connectivity index (χ0) is 26.7. The third-order valence-corrected chi connectivity index (χ3v) is 7.78. The molecule has 0 saturated heterocycles. The molecular weight excluding hydrogens is 480 g/mol. The van der Waals surface area contributed by atoms with Crippen LogP contribution in [0.3, 0.4) is 0 Å². The molecule has 0 fully saturated rings. The van der Waals surface area contributed by atoms with Gasteiger partial charge in [0, 0.05) is 18.1 Å². The van der Waals surface area contributed by atoms with Crippen LogP contribution in [0.4, 0.5) is 5.69 Å². The Morgan fingerprint density at radius 2 is 1.75 bits per heavy atom. The standard InChI is InChI=1S/C27H34N2O6S/c1-14-9-11-18(12-10-14)20-15(2)22-23-19(34-17(4)28-23)13-29(36(8,32)33)24(22)16(3)21(20)25(26(30)31)35-27(5,6)7/h9-12,19,23,25H,13H2,1-8H3,(H,30,31). The van der Waals surface area contributed by atoms with Crippen LogP contribution in [0.25, 0.3) is 11.1 Å². The highest BCUT2D eigenvalue weighted by Gasteiger charge is 2.46. The summed E-state index contributed by atoms with van der Waals surface area (Å²) in [6, 6.07) is 7.47. The summed E-state index contributed by atoms with van der Waals surface area (Å²) < 4.78 is 39.4. The van der Waals surface area contributed by atoms with E-state index in [1.165, 1.54) is 4.31 Å². The van der Waals surface area contributed by atoms with Crippen molar-refractivity contribution in [3.05, 3.63) is 52.1 Å². The highest BCUT2D eigenvalue weighted by atomic mass is 32.2. The van der Waals surface area contributed by atoms with Crippen LogP contribution in [0.5, 0.6) is 0 Å². The van der Waals surface area contributed by atoms with Crippen LogP contribution in [0.15, 0.2) is 29.3 Å². The Bertz CT molecular complexity index is 1360. The van der Waals surface area contributed by atoms with Crippen LogP contribution in [0.2, 0.25) is 0 Å². The molecule has 0 aromatic heterocycles. The lowest BCUT2D eigenvalue weighted by molar-refractivity contribution is -0.160. The molecule has 0 saturated carbocycles. The molecule has 194 valence electrons.